The Morgan fingerprint density at radius 2 is 1.81 bits per heavy atom. The average Bonchev–Trinajstić information content (AvgIpc) is 2.61. The molecule has 0 bridgehead atoms. The predicted octanol–water partition coefficient (Wildman–Crippen LogP) is 3.15. The normalized spacial score (nSPS) is 27.8. The van der Waals surface area contributed by atoms with Crippen molar-refractivity contribution in [3.8, 4) is 0 Å². The van der Waals surface area contributed by atoms with E-state index in [1.165, 1.54) is 0 Å². The highest BCUT2D eigenvalue weighted by Crippen LogP contribution is 2.51. The first-order valence-corrected chi connectivity index (χ1v) is 10.1. The van der Waals surface area contributed by atoms with Crippen LogP contribution >= 0.6 is 0 Å². The summed E-state index contributed by atoms with van der Waals surface area (Å²) in [5.74, 6) is 0.542. The zero-order valence-electron chi connectivity index (χ0n) is 17.1. The quantitative estimate of drug-likeness (QED) is 0.685. The van der Waals surface area contributed by atoms with E-state index in [0.29, 0.717) is 18.3 Å². The molecule has 0 aromatic heterocycles. The average molecular weight is 374 g/mol. The van der Waals surface area contributed by atoms with Gasteiger partial charge in [0.15, 0.2) is 0 Å². The van der Waals surface area contributed by atoms with Crippen molar-refractivity contribution in [1.29, 1.82) is 0 Å². The summed E-state index contributed by atoms with van der Waals surface area (Å²) in [6.07, 6.45) is 3.38. The summed E-state index contributed by atoms with van der Waals surface area (Å²) in [6, 6.07) is 8.91. The fourth-order valence-electron chi connectivity index (χ4n) is 4.81. The molecule has 5 heteroatoms. The van der Waals surface area contributed by atoms with Crippen molar-refractivity contribution in [2.24, 2.45) is 34.6 Å². The molecule has 0 spiro atoms. The van der Waals surface area contributed by atoms with Crippen LogP contribution in [-0.2, 0) is 9.59 Å². The molecule has 1 aliphatic rings. The van der Waals surface area contributed by atoms with E-state index >= 15 is 0 Å². The van der Waals surface area contributed by atoms with Crippen LogP contribution in [0, 0.1) is 23.2 Å². The molecule has 2 rings (SSSR count). The molecule has 0 aliphatic heterocycles. The maximum Gasteiger partial charge on any atom is 0.237 e. The number of hydrogen-bond donors (Lipinski definition) is 3. The minimum absolute atomic E-state index is 0.213. The van der Waals surface area contributed by atoms with Crippen LogP contribution in [-0.4, -0.2) is 17.9 Å². The van der Waals surface area contributed by atoms with Gasteiger partial charge in [-0.05, 0) is 49.5 Å². The molecule has 1 aromatic rings. The Balaban J connectivity index is 2.43. The lowest BCUT2D eigenvalue weighted by Gasteiger charge is -2.48. The number of primary amides is 1. The Bertz CT molecular complexity index is 644. The van der Waals surface area contributed by atoms with Gasteiger partial charge >= 0.3 is 0 Å². The molecular weight excluding hydrogens is 338 g/mol. The number of benzene rings is 1. The SMILES string of the molecule is CC1CCC(C(C)C)C(C[C@H](NC(=O)[C@@H](C)N)c2ccccc2)(C(N)=O)C1. The molecule has 3 unspecified atom stereocenters. The Morgan fingerprint density at radius 3 is 2.33 bits per heavy atom. The van der Waals surface area contributed by atoms with Gasteiger partial charge in [0, 0.05) is 0 Å². The number of rotatable bonds is 7. The standard InChI is InChI=1S/C22H35N3O2/c1-14(2)18-11-10-15(3)12-22(18,21(24)27)13-19(25-20(26)16(4)23)17-8-6-5-7-9-17/h5-9,14-16,18-19H,10-13,23H2,1-4H3,(H2,24,27)(H,25,26)/t15?,16-,18?,19+,22?/m1/s1. The topological polar surface area (TPSA) is 98.2 Å². The van der Waals surface area contributed by atoms with Crippen molar-refractivity contribution in [3.05, 3.63) is 35.9 Å². The fraction of sp³-hybridized carbons (Fsp3) is 0.636. The van der Waals surface area contributed by atoms with E-state index in [9.17, 15) is 9.59 Å². The van der Waals surface area contributed by atoms with Crippen LogP contribution < -0.4 is 16.8 Å². The smallest absolute Gasteiger partial charge is 0.237 e. The molecule has 0 radical (unpaired) electrons. The highest BCUT2D eigenvalue weighted by Gasteiger charge is 2.50. The molecule has 1 aromatic carbocycles. The van der Waals surface area contributed by atoms with E-state index in [2.05, 4.69) is 26.1 Å². The van der Waals surface area contributed by atoms with Crippen molar-refractivity contribution in [3.63, 3.8) is 0 Å². The van der Waals surface area contributed by atoms with E-state index in [4.69, 9.17) is 11.5 Å². The van der Waals surface area contributed by atoms with Gasteiger partial charge in [-0.25, -0.2) is 0 Å². The van der Waals surface area contributed by atoms with Crippen LogP contribution in [0.4, 0.5) is 0 Å². The first-order chi connectivity index (χ1) is 12.7. The Labute approximate surface area is 163 Å². The molecule has 1 aliphatic carbocycles. The van der Waals surface area contributed by atoms with E-state index in [0.717, 1.165) is 24.8 Å². The first-order valence-electron chi connectivity index (χ1n) is 10.1. The number of amides is 2. The zero-order valence-corrected chi connectivity index (χ0v) is 17.1. The molecule has 1 saturated carbocycles. The van der Waals surface area contributed by atoms with Crippen molar-refractivity contribution in [1.82, 2.24) is 5.32 Å². The van der Waals surface area contributed by atoms with Crippen molar-refractivity contribution in [2.45, 2.75) is 65.5 Å². The third-order valence-corrected chi connectivity index (χ3v) is 6.19. The van der Waals surface area contributed by atoms with E-state index in [1.54, 1.807) is 6.92 Å². The van der Waals surface area contributed by atoms with Gasteiger partial charge in [0.1, 0.15) is 0 Å². The van der Waals surface area contributed by atoms with Crippen LogP contribution in [0.5, 0.6) is 0 Å². The number of nitrogens with two attached hydrogens (primary N) is 2. The number of hydrogen-bond acceptors (Lipinski definition) is 3. The Morgan fingerprint density at radius 1 is 1.19 bits per heavy atom. The van der Waals surface area contributed by atoms with E-state index in [-0.39, 0.29) is 23.8 Å². The lowest BCUT2D eigenvalue weighted by atomic mass is 9.57. The highest BCUT2D eigenvalue weighted by atomic mass is 16.2. The number of carbonyl (C=O) groups is 2. The third kappa shape index (κ3) is 4.89. The molecular formula is C22H35N3O2. The second-order valence-corrected chi connectivity index (χ2v) is 8.72. The third-order valence-electron chi connectivity index (χ3n) is 6.19. The molecule has 5 N–H and O–H groups in total. The maximum atomic E-state index is 12.8. The van der Waals surface area contributed by atoms with Crippen LogP contribution in [0.2, 0.25) is 0 Å². The molecule has 5 nitrogen and oxygen atoms in total. The summed E-state index contributed by atoms with van der Waals surface area (Å²) in [7, 11) is 0. The molecule has 150 valence electrons. The summed E-state index contributed by atoms with van der Waals surface area (Å²) in [5.41, 5.74) is 12.2. The van der Waals surface area contributed by atoms with Crippen LogP contribution in [0.15, 0.2) is 30.3 Å². The van der Waals surface area contributed by atoms with Gasteiger partial charge in [0.25, 0.3) is 0 Å². The summed E-state index contributed by atoms with van der Waals surface area (Å²) in [4.78, 5) is 25.2. The second-order valence-electron chi connectivity index (χ2n) is 8.72. The van der Waals surface area contributed by atoms with Gasteiger partial charge in [-0.2, -0.15) is 0 Å². The van der Waals surface area contributed by atoms with Gasteiger partial charge in [-0.3, -0.25) is 9.59 Å². The summed E-state index contributed by atoms with van der Waals surface area (Å²) in [6.45, 7) is 8.18. The first kappa shape index (κ1) is 21.4. The molecule has 0 saturated heterocycles. The fourth-order valence-corrected chi connectivity index (χ4v) is 4.81. The van der Waals surface area contributed by atoms with Gasteiger partial charge in [0.2, 0.25) is 11.8 Å². The van der Waals surface area contributed by atoms with Crippen LogP contribution in [0.3, 0.4) is 0 Å². The van der Waals surface area contributed by atoms with E-state index < -0.39 is 11.5 Å². The van der Waals surface area contributed by atoms with Crippen LogP contribution in [0.25, 0.3) is 0 Å². The van der Waals surface area contributed by atoms with Gasteiger partial charge in [0.05, 0.1) is 17.5 Å². The Kier molecular flexibility index (Phi) is 7.04. The number of nitrogens with one attached hydrogen (secondary N) is 1. The second kappa shape index (κ2) is 8.87. The van der Waals surface area contributed by atoms with Gasteiger partial charge in [-0.15, -0.1) is 0 Å². The van der Waals surface area contributed by atoms with Crippen molar-refractivity contribution in [2.75, 3.05) is 0 Å². The predicted molar refractivity (Wildman–Crippen MR) is 109 cm³/mol. The molecule has 1 fully saturated rings. The van der Waals surface area contributed by atoms with Crippen LogP contribution in [0.1, 0.15) is 65.0 Å². The molecule has 5 atom stereocenters. The number of carbonyl (C=O) groups excluding carboxylic acids is 2. The monoisotopic (exact) mass is 373 g/mol. The summed E-state index contributed by atoms with van der Waals surface area (Å²) < 4.78 is 0. The maximum absolute atomic E-state index is 12.8. The van der Waals surface area contributed by atoms with E-state index in [1.807, 2.05) is 30.3 Å². The minimum Gasteiger partial charge on any atom is -0.369 e. The molecule has 27 heavy (non-hydrogen) atoms. The van der Waals surface area contributed by atoms with Gasteiger partial charge < -0.3 is 16.8 Å². The largest absolute Gasteiger partial charge is 0.369 e. The minimum atomic E-state index is -0.628. The Hall–Kier alpha value is -1.88. The van der Waals surface area contributed by atoms with Gasteiger partial charge in [-0.1, -0.05) is 57.5 Å². The molecule has 2 amide bonds. The summed E-state index contributed by atoms with van der Waals surface area (Å²) in [5, 5.41) is 3.06. The summed E-state index contributed by atoms with van der Waals surface area (Å²) >= 11 is 0. The lowest BCUT2D eigenvalue weighted by Crippen LogP contribution is -2.51. The lowest BCUT2D eigenvalue weighted by molar-refractivity contribution is -0.138. The molecule has 0 heterocycles. The highest BCUT2D eigenvalue weighted by molar-refractivity contribution is 5.83. The van der Waals surface area contributed by atoms with Crippen molar-refractivity contribution >= 4 is 11.8 Å². The van der Waals surface area contributed by atoms with Crippen molar-refractivity contribution < 1.29 is 9.59 Å². The zero-order chi connectivity index (χ0) is 20.2.